The van der Waals surface area contributed by atoms with Gasteiger partial charge >= 0.3 is 5.97 Å². The molecule has 0 bridgehead atoms. The molecule has 0 aliphatic heterocycles. The summed E-state index contributed by atoms with van der Waals surface area (Å²) in [6.45, 7) is 2.08. The Bertz CT molecular complexity index is 379. The summed E-state index contributed by atoms with van der Waals surface area (Å²) >= 11 is 0. The van der Waals surface area contributed by atoms with Crippen molar-refractivity contribution in [2.75, 3.05) is 18.6 Å². The maximum absolute atomic E-state index is 11.7. The van der Waals surface area contributed by atoms with E-state index in [0.717, 1.165) is 0 Å². The molecule has 1 amide bonds. The molecule has 0 saturated carbocycles. The summed E-state index contributed by atoms with van der Waals surface area (Å²) in [7, 11) is 1.66. The van der Waals surface area contributed by atoms with E-state index in [1.54, 1.807) is 38.5 Å². The second-order valence-corrected chi connectivity index (χ2v) is 3.47. The number of carbonyl (C=O) groups excluding carboxylic acids is 2. The maximum atomic E-state index is 11.7. The predicted molar refractivity (Wildman–Crippen MR) is 63.5 cm³/mol. The SMILES string of the molecule is CCOC(=O)CCC(=O)N(C)c1cccnc1. The molecular weight excluding hydrogens is 220 g/mol. The summed E-state index contributed by atoms with van der Waals surface area (Å²) in [4.78, 5) is 28.2. The molecule has 92 valence electrons. The number of anilines is 1. The molecule has 1 aromatic rings. The van der Waals surface area contributed by atoms with E-state index in [0.29, 0.717) is 12.3 Å². The van der Waals surface area contributed by atoms with Gasteiger partial charge in [-0.1, -0.05) is 0 Å². The standard InChI is InChI=1S/C12H16N2O3/c1-3-17-12(16)7-6-11(15)14(2)10-5-4-8-13-9-10/h4-5,8-9H,3,6-7H2,1-2H3. The fourth-order valence-electron chi connectivity index (χ4n) is 1.31. The first-order valence-corrected chi connectivity index (χ1v) is 5.47. The molecule has 0 radical (unpaired) electrons. The fourth-order valence-corrected chi connectivity index (χ4v) is 1.31. The first-order chi connectivity index (χ1) is 8.15. The minimum atomic E-state index is -0.347. The van der Waals surface area contributed by atoms with E-state index in [9.17, 15) is 9.59 Å². The third kappa shape index (κ3) is 4.22. The molecule has 0 aromatic carbocycles. The Balaban J connectivity index is 2.45. The van der Waals surface area contributed by atoms with Crippen LogP contribution in [-0.2, 0) is 14.3 Å². The van der Waals surface area contributed by atoms with Gasteiger partial charge in [0.25, 0.3) is 0 Å². The van der Waals surface area contributed by atoms with Crippen LogP contribution in [0.25, 0.3) is 0 Å². The lowest BCUT2D eigenvalue weighted by atomic mass is 10.2. The van der Waals surface area contributed by atoms with Crippen LogP contribution in [0.5, 0.6) is 0 Å². The van der Waals surface area contributed by atoms with E-state index in [4.69, 9.17) is 4.74 Å². The van der Waals surface area contributed by atoms with Gasteiger partial charge in [-0.05, 0) is 19.1 Å². The minimum Gasteiger partial charge on any atom is -0.466 e. The topological polar surface area (TPSA) is 59.5 Å². The first-order valence-electron chi connectivity index (χ1n) is 5.47. The van der Waals surface area contributed by atoms with Crippen molar-refractivity contribution in [3.05, 3.63) is 24.5 Å². The summed E-state index contributed by atoms with van der Waals surface area (Å²) < 4.78 is 4.76. The third-order valence-corrected chi connectivity index (χ3v) is 2.26. The summed E-state index contributed by atoms with van der Waals surface area (Å²) in [5, 5.41) is 0. The van der Waals surface area contributed by atoms with Crippen molar-refractivity contribution in [3.8, 4) is 0 Å². The van der Waals surface area contributed by atoms with E-state index in [1.807, 2.05) is 0 Å². The highest BCUT2D eigenvalue weighted by Gasteiger charge is 2.13. The molecule has 1 heterocycles. The predicted octanol–water partition coefficient (Wildman–Crippen LogP) is 1.39. The molecule has 0 atom stereocenters. The Hall–Kier alpha value is -1.91. The van der Waals surface area contributed by atoms with Crippen LogP contribution in [0.2, 0.25) is 0 Å². The van der Waals surface area contributed by atoms with Crippen LogP contribution in [0, 0.1) is 0 Å². The van der Waals surface area contributed by atoms with Crippen molar-refractivity contribution in [2.45, 2.75) is 19.8 Å². The van der Waals surface area contributed by atoms with Crippen LogP contribution >= 0.6 is 0 Å². The molecule has 0 spiro atoms. The number of aromatic nitrogens is 1. The number of ether oxygens (including phenoxy) is 1. The lowest BCUT2D eigenvalue weighted by Gasteiger charge is -2.16. The Morgan fingerprint density at radius 1 is 1.41 bits per heavy atom. The molecule has 5 heteroatoms. The maximum Gasteiger partial charge on any atom is 0.306 e. The molecule has 0 fully saturated rings. The molecule has 0 unspecified atom stereocenters. The van der Waals surface area contributed by atoms with Crippen LogP contribution in [0.15, 0.2) is 24.5 Å². The molecular formula is C12H16N2O3. The number of hydrogen-bond donors (Lipinski definition) is 0. The quantitative estimate of drug-likeness (QED) is 0.725. The second kappa shape index (κ2) is 6.62. The molecule has 17 heavy (non-hydrogen) atoms. The molecule has 0 aliphatic rings. The number of pyridine rings is 1. The normalized spacial score (nSPS) is 9.76. The first kappa shape index (κ1) is 13.2. The van der Waals surface area contributed by atoms with Gasteiger partial charge in [0.2, 0.25) is 5.91 Å². The van der Waals surface area contributed by atoms with Gasteiger partial charge in [0.05, 0.1) is 24.9 Å². The molecule has 1 aromatic heterocycles. The van der Waals surface area contributed by atoms with E-state index >= 15 is 0 Å². The van der Waals surface area contributed by atoms with E-state index in [2.05, 4.69) is 4.98 Å². The van der Waals surface area contributed by atoms with E-state index in [1.165, 1.54) is 4.90 Å². The number of carbonyl (C=O) groups is 2. The van der Waals surface area contributed by atoms with Crippen molar-refractivity contribution in [1.29, 1.82) is 0 Å². The van der Waals surface area contributed by atoms with Crippen molar-refractivity contribution in [3.63, 3.8) is 0 Å². The van der Waals surface area contributed by atoms with E-state index < -0.39 is 0 Å². The highest BCUT2D eigenvalue weighted by atomic mass is 16.5. The van der Waals surface area contributed by atoms with Crippen LogP contribution in [0.3, 0.4) is 0 Å². The smallest absolute Gasteiger partial charge is 0.306 e. The third-order valence-electron chi connectivity index (χ3n) is 2.26. The summed E-state index contributed by atoms with van der Waals surface area (Å²) in [5.74, 6) is -0.480. The van der Waals surface area contributed by atoms with Gasteiger partial charge in [-0.2, -0.15) is 0 Å². The Labute approximate surface area is 100 Å². The zero-order valence-corrected chi connectivity index (χ0v) is 10.0. The monoisotopic (exact) mass is 236 g/mol. The van der Waals surface area contributed by atoms with Gasteiger partial charge in [0.15, 0.2) is 0 Å². The number of nitrogens with zero attached hydrogens (tertiary/aromatic N) is 2. The van der Waals surface area contributed by atoms with Crippen LogP contribution in [-0.4, -0.2) is 30.5 Å². The second-order valence-electron chi connectivity index (χ2n) is 3.47. The van der Waals surface area contributed by atoms with Crippen molar-refractivity contribution >= 4 is 17.6 Å². The van der Waals surface area contributed by atoms with Crippen LogP contribution in [0.1, 0.15) is 19.8 Å². The molecule has 5 nitrogen and oxygen atoms in total. The van der Waals surface area contributed by atoms with Gasteiger partial charge in [-0.3, -0.25) is 14.6 Å². The summed E-state index contributed by atoms with van der Waals surface area (Å²) in [5.41, 5.74) is 0.710. The van der Waals surface area contributed by atoms with Crippen molar-refractivity contribution in [2.24, 2.45) is 0 Å². The molecule has 0 N–H and O–H groups in total. The minimum absolute atomic E-state index is 0.108. The molecule has 0 aliphatic carbocycles. The van der Waals surface area contributed by atoms with Gasteiger partial charge in [-0.25, -0.2) is 0 Å². The van der Waals surface area contributed by atoms with Gasteiger partial charge < -0.3 is 9.64 Å². The number of esters is 1. The largest absolute Gasteiger partial charge is 0.466 e. The van der Waals surface area contributed by atoms with Crippen molar-refractivity contribution < 1.29 is 14.3 Å². The highest BCUT2D eigenvalue weighted by molar-refractivity contribution is 5.94. The molecule has 0 saturated heterocycles. The lowest BCUT2D eigenvalue weighted by molar-refractivity contribution is -0.144. The zero-order chi connectivity index (χ0) is 12.7. The van der Waals surface area contributed by atoms with Crippen LogP contribution in [0.4, 0.5) is 5.69 Å². The highest BCUT2D eigenvalue weighted by Crippen LogP contribution is 2.11. The fraction of sp³-hybridized carbons (Fsp3) is 0.417. The number of rotatable bonds is 5. The number of amides is 1. The van der Waals surface area contributed by atoms with E-state index in [-0.39, 0.29) is 24.7 Å². The Morgan fingerprint density at radius 3 is 2.76 bits per heavy atom. The Morgan fingerprint density at radius 2 is 2.18 bits per heavy atom. The van der Waals surface area contributed by atoms with Crippen LogP contribution < -0.4 is 4.90 Å². The number of hydrogen-bond acceptors (Lipinski definition) is 4. The molecule has 1 rings (SSSR count). The summed E-state index contributed by atoms with van der Waals surface area (Å²) in [6, 6.07) is 3.54. The lowest BCUT2D eigenvalue weighted by Crippen LogP contribution is -2.26. The van der Waals surface area contributed by atoms with Crippen molar-refractivity contribution in [1.82, 2.24) is 4.98 Å². The zero-order valence-electron chi connectivity index (χ0n) is 10.0. The average Bonchev–Trinajstić information content (AvgIpc) is 2.36. The van der Waals surface area contributed by atoms with Gasteiger partial charge in [0, 0.05) is 19.7 Å². The Kier molecular flexibility index (Phi) is 5.13. The van der Waals surface area contributed by atoms with Gasteiger partial charge in [0.1, 0.15) is 0 Å². The average molecular weight is 236 g/mol. The summed E-state index contributed by atoms with van der Waals surface area (Å²) in [6.07, 6.45) is 3.49. The van der Waals surface area contributed by atoms with Gasteiger partial charge in [-0.15, -0.1) is 0 Å².